The van der Waals surface area contributed by atoms with Crippen LogP contribution in [0.2, 0.25) is 0 Å². The topological polar surface area (TPSA) is 52.6 Å². The van der Waals surface area contributed by atoms with Crippen LogP contribution in [0.15, 0.2) is 0 Å². The van der Waals surface area contributed by atoms with Gasteiger partial charge in [-0.1, -0.05) is 20.3 Å². The molecule has 4 nitrogen and oxygen atoms in total. The Labute approximate surface area is 145 Å². The molecule has 3 aliphatic rings. The molecule has 136 valence electrons. The van der Waals surface area contributed by atoms with E-state index in [0.717, 1.165) is 32.1 Å². The van der Waals surface area contributed by atoms with Crippen molar-refractivity contribution < 1.29 is 19.1 Å². The number of Topliss-reactive ketones (excluding diaryl/α,β-unsaturated/α-hetero) is 1. The van der Waals surface area contributed by atoms with Crippen molar-refractivity contribution in [3.05, 3.63) is 0 Å². The van der Waals surface area contributed by atoms with Crippen molar-refractivity contribution in [2.24, 2.45) is 23.2 Å². The Bertz CT molecular complexity index is 516. The van der Waals surface area contributed by atoms with Crippen LogP contribution in [0.4, 0.5) is 0 Å². The summed E-state index contributed by atoms with van der Waals surface area (Å²) >= 11 is 0. The van der Waals surface area contributed by atoms with Crippen LogP contribution in [-0.4, -0.2) is 23.6 Å². The van der Waals surface area contributed by atoms with E-state index in [9.17, 15) is 9.59 Å². The smallest absolute Gasteiger partial charge is 0.340 e. The van der Waals surface area contributed by atoms with Gasteiger partial charge in [-0.15, -0.1) is 0 Å². The van der Waals surface area contributed by atoms with Gasteiger partial charge >= 0.3 is 5.97 Å². The Morgan fingerprint density at radius 2 is 2.00 bits per heavy atom. The number of hydrogen-bond donors (Lipinski definition) is 0. The molecule has 1 heterocycles. The lowest BCUT2D eigenvalue weighted by atomic mass is 9.62. The molecule has 0 radical (unpaired) electrons. The second-order valence-electron chi connectivity index (χ2n) is 8.75. The number of carbonyl (C=O) groups excluding carboxylic acids is 2. The van der Waals surface area contributed by atoms with E-state index in [2.05, 4.69) is 13.8 Å². The molecule has 0 spiro atoms. The van der Waals surface area contributed by atoms with Gasteiger partial charge in [0, 0.05) is 12.3 Å². The van der Waals surface area contributed by atoms with E-state index in [1.54, 1.807) is 6.92 Å². The summed E-state index contributed by atoms with van der Waals surface area (Å²) in [4.78, 5) is 24.2. The molecular weight excluding hydrogens is 304 g/mol. The number of rotatable bonds is 5. The summed E-state index contributed by atoms with van der Waals surface area (Å²) in [5.41, 5.74) is -0.571. The quantitative estimate of drug-likeness (QED) is 0.704. The molecule has 1 unspecified atom stereocenters. The number of fused-ring (bicyclic) bond motifs is 1. The maximum Gasteiger partial charge on any atom is 0.340 e. The van der Waals surface area contributed by atoms with Crippen LogP contribution in [0.25, 0.3) is 0 Å². The monoisotopic (exact) mass is 336 g/mol. The fraction of sp³-hybridized carbons (Fsp3) is 0.900. The zero-order chi connectivity index (χ0) is 17.5. The first-order valence-electron chi connectivity index (χ1n) is 9.68. The normalized spacial score (nSPS) is 43.6. The van der Waals surface area contributed by atoms with Crippen molar-refractivity contribution in [2.75, 3.05) is 0 Å². The van der Waals surface area contributed by atoms with Crippen molar-refractivity contribution in [2.45, 2.75) is 91.0 Å². The molecule has 6 atom stereocenters. The summed E-state index contributed by atoms with van der Waals surface area (Å²) in [7, 11) is 0. The molecule has 24 heavy (non-hydrogen) atoms. The predicted octanol–water partition coefficient (Wildman–Crippen LogP) is 4.26. The lowest BCUT2D eigenvalue weighted by molar-refractivity contribution is -0.144. The summed E-state index contributed by atoms with van der Waals surface area (Å²) < 4.78 is 10.8. The lowest BCUT2D eigenvalue weighted by Gasteiger charge is -2.42. The van der Waals surface area contributed by atoms with Crippen LogP contribution in [0.1, 0.15) is 79.1 Å². The highest BCUT2D eigenvalue weighted by Gasteiger charge is 2.52. The highest BCUT2D eigenvalue weighted by atomic mass is 16.8. The molecule has 0 N–H and O–H groups in total. The van der Waals surface area contributed by atoms with Crippen LogP contribution in [0, 0.1) is 23.2 Å². The van der Waals surface area contributed by atoms with E-state index in [1.165, 1.54) is 12.8 Å². The number of cyclic esters (lactones) is 1. The van der Waals surface area contributed by atoms with Gasteiger partial charge in [0.1, 0.15) is 5.78 Å². The minimum atomic E-state index is -0.776. The Morgan fingerprint density at radius 1 is 1.25 bits per heavy atom. The van der Waals surface area contributed by atoms with E-state index < -0.39 is 11.9 Å². The van der Waals surface area contributed by atoms with Gasteiger partial charge in [-0.3, -0.25) is 4.79 Å². The molecule has 0 aromatic heterocycles. The van der Waals surface area contributed by atoms with Crippen LogP contribution in [0.5, 0.6) is 0 Å². The third kappa shape index (κ3) is 3.02. The molecule has 3 rings (SSSR count). The molecule has 4 heteroatoms. The van der Waals surface area contributed by atoms with Gasteiger partial charge in [0.15, 0.2) is 5.60 Å². The summed E-state index contributed by atoms with van der Waals surface area (Å²) in [5.74, 6) is 1.79. The van der Waals surface area contributed by atoms with Crippen LogP contribution < -0.4 is 0 Å². The molecule has 0 amide bonds. The van der Waals surface area contributed by atoms with Gasteiger partial charge in [-0.25, -0.2) is 4.79 Å². The van der Waals surface area contributed by atoms with E-state index in [0.29, 0.717) is 30.0 Å². The van der Waals surface area contributed by atoms with E-state index in [4.69, 9.17) is 9.47 Å². The first-order chi connectivity index (χ1) is 11.3. The largest absolute Gasteiger partial charge is 0.434 e. The van der Waals surface area contributed by atoms with Crippen molar-refractivity contribution >= 4 is 11.8 Å². The molecule has 1 aliphatic heterocycles. The molecule has 3 fully saturated rings. The highest BCUT2D eigenvalue weighted by Crippen LogP contribution is 2.57. The van der Waals surface area contributed by atoms with Crippen LogP contribution >= 0.6 is 0 Å². The molecular formula is C20H32O4. The minimum absolute atomic E-state index is 0.204. The molecule has 2 saturated carbocycles. The lowest BCUT2D eigenvalue weighted by Crippen LogP contribution is -2.39. The van der Waals surface area contributed by atoms with Crippen LogP contribution in [-0.2, 0) is 19.1 Å². The number of hydrogen-bond acceptors (Lipinski definition) is 4. The van der Waals surface area contributed by atoms with Crippen molar-refractivity contribution in [3.8, 4) is 0 Å². The maximum absolute atomic E-state index is 12.3. The number of carbonyl (C=O) groups is 2. The van der Waals surface area contributed by atoms with Gasteiger partial charge < -0.3 is 9.47 Å². The Kier molecular flexibility index (Phi) is 4.80. The number of esters is 1. The zero-order valence-corrected chi connectivity index (χ0v) is 15.6. The predicted molar refractivity (Wildman–Crippen MR) is 91.2 cm³/mol. The zero-order valence-electron chi connectivity index (χ0n) is 15.6. The van der Waals surface area contributed by atoms with Gasteiger partial charge in [-0.2, -0.15) is 0 Å². The fourth-order valence-corrected chi connectivity index (χ4v) is 5.74. The second-order valence-corrected chi connectivity index (χ2v) is 8.75. The Hall–Kier alpha value is -0.900. The van der Waals surface area contributed by atoms with E-state index in [1.807, 2.05) is 6.92 Å². The molecule has 1 saturated heterocycles. The third-order valence-corrected chi connectivity index (χ3v) is 7.07. The first kappa shape index (κ1) is 17.9. The summed E-state index contributed by atoms with van der Waals surface area (Å²) in [6, 6.07) is 0. The van der Waals surface area contributed by atoms with Crippen molar-refractivity contribution in [1.82, 2.24) is 0 Å². The summed E-state index contributed by atoms with van der Waals surface area (Å²) in [6.45, 7) is 8.29. The average Bonchev–Trinajstić information content (AvgIpc) is 2.96. The SMILES string of the molecule is C[C@@H]1OC(=O)[C@@](C)(CCC[C@@H](C)C2CC[C@H]3C(=O)CCC[C@]23C)O1. The molecule has 0 aromatic carbocycles. The summed E-state index contributed by atoms with van der Waals surface area (Å²) in [6.07, 6.45) is 7.64. The Balaban J connectivity index is 1.55. The number of ether oxygens (including phenoxy) is 2. The van der Waals surface area contributed by atoms with Crippen LogP contribution in [0.3, 0.4) is 0 Å². The number of ketones is 1. The van der Waals surface area contributed by atoms with Gasteiger partial charge in [0.05, 0.1) is 0 Å². The molecule has 0 bridgehead atoms. The standard InChI is InChI=1S/C20H32O4/c1-13(7-5-12-20(4)18(22)23-14(2)24-20)15-9-10-16-17(21)8-6-11-19(15,16)3/h13-16H,5-12H2,1-4H3/t13-,14-,15?,16+,19-,20-/m1/s1. The fourth-order valence-electron chi connectivity index (χ4n) is 5.74. The minimum Gasteiger partial charge on any atom is -0.434 e. The summed E-state index contributed by atoms with van der Waals surface area (Å²) in [5, 5.41) is 0. The average molecular weight is 336 g/mol. The first-order valence-corrected chi connectivity index (χ1v) is 9.68. The van der Waals surface area contributed by atoms with Gasteiger partial charge in [0.25, 0.3) is 0 Å². The van der Waals surface area contributed by atoms with E-state index >= 15 is 0 Å². The highest BCUT2D eigenvalue weighted by molar-refractivity contribution is 5.83. The third-order valence-electron chi connectivity index (χ3n) is 7.07. The van der Waals surface area contributed by atoms with Gasteiger partial charge in [0.2, 0.25) is 6.29 Å². The molecule has 0 aromatic rings. The van der Waals surface area contributed by atoms with Crippen molar-refractivity contribution in [3.63, 3.8) is 0 Å². The maximum atomic E-state index is 12.3. The van der Waals surface area contributed by atoms with Crippen molar-refractivity contribution in [1.29, 1.82) is 0 Å². The Morgan fingerprint density at radius 3 is 2.67 bits per heavy atom. The van der Waals surface area contributed by atoms with Gasteiger partial charge in [-0.05, 0) is 69.6 Å². The van der Waals surface area contributed by atoms with E-state index in [-0.39, 0.29) is 11.4 Å². The second kappa shape index (κ2) is 6.44. The molecule has 2 aliphatic carbocycles.